The van der Waals surface area contributed by atoms with Crippen LogP contribution < -0.4 is 4.74 Å². The lowest BCUT2D eigenvalue weighted by molar-refractivity contribution is -0.385. The highest BCUT2D eigenvalue weighted by Crippen LogP contribution is 2.28. The lowest BCUT2D eigenvalue weighted by Crippen LogP contribution is -2.33. The van der Waals surface area contributed by atoms with Gasteiger partial charge in [0.25, 0.3) is 0 Å². The molecule has 8 nitrogen and oxygen atoms in total. The molecule has 0 atom stereocenters. The second kappa shape index (κ2) is 7.80. The Labute approximate surface area is 155 Å². The number of hydrogen-bond acceptors (Lipinski definition) is 6. The number of rotatable bonds is 6. The van der Waals surface area contributed by atoms with Gasteiger partial charge in [-0.05, 0) is 44.2 Å². The standard InChI is InChI=1S/C17H17FN2O6S/c1-11(2)19(3)27(24,25)14-7-4-12(5-8-14)17(21)26-16-10-13(18)6-9-15(16)20(22)23/h4-11H,1-3H3. The summed E-state index contributed by atoms with van der Waals surface area (Å²) in [5.41, 5.74) is -0.609. The predicted octanol–water partition coefficient (Wildman–Crippen LogP) is 2.98. The topological polar surface area (TPSA) is 107 Å². The van der Waals surface area contributed by atoms with Crippen molar-refractivity contribution in [2.45, 2.75) is 24.8 Å². The largest absolute Gasteiger partial charge is 0.415 e. The molecule has 0 aromatic heterocycles. The number of carbonyl (C=O) groups is 1. The van der Waals surface area contributed by atoms with Gasteiger partial charge in [-0.1, -0.05) is 0 Å². The first-order valence-electron chi connectivity index (χ1n) is 7.78. The molecule has 2 aromatic rings. The maximum absolute atomic E-state index is 13.3. The number of esters is 1. The lowest BCUT2D eigenvalue weighted by atomic mass is 10.2. The molecular weight excluding hydrogens is 379 g/mol. The Morgan fingerprint density at radius 1 is 1.19 bits per heavy atom. The molecule has 27 heavy (non-hydrogen) atoms. The molecule has 0 heterocycles. The molecule has 0 radical (unpaired) electrons. The van der Waals surface area contributed by atoms with E-state index in [-0.39, 0.29) is 16.5 Å². The van der Waals surface area contributed by atoms with Gasteiger partial charge in [0.15, 0.2) is 0 Å². The van der Waals surface area contributed by atoms with E-state index in [0.29, 0.717) is 0 Å². The van der Waals surface area contributed by atoms with Crippen LogP contribution in [0.1, 0.15) is 24.2 Å². The average Bonchev–Trinajstić information content (AvgIpc) is 2.60. The zero-order valence-corrected chi connectivity index (χ0v) is 15.6. The van der Waals surface area contributed by atoms with E-state index >= 15 is 0 Å². The van der Waals surface area contributed by atoms with Crippen LogP contribution in [0.15, 0.2) is 47.4 Å². The summed E-state index contributed by atoms with van der Waals surface area (Å²) in [6, 6.07) is 7.12. The van der Waals surface area contributed by atoms with Crippen molar-refractivity contribution in [3.63, 3.8) is 0 Å². The summed E-state index contributed by atoms with van der Waals surface area (Å²) in [4.78, 5) is 22.3. The minimum absolute atomic E-state index is 0.0213. The van der Waals surface area contributed by atoms with E-state index in [1.54, 1.807) is 13.8 Å². The maximum atomic E-state index is 13.3. The Balaban J connectivity index is 2.27. The number of nitro groups is 1. The Morgan fingerprint density at radius 2 is 1.78 bits per heavy atom. The van der Waals surface area contributed by atoms with Gasteiger partial charge in [-0.15, -0.1) is 0 Å². The van der Waals surface area contributed by atoms with Gasteiger partial charge >= 0.3 is 11.7 Å². The zero-order valence-electron chi connectivity index (χ0n) is 14.7. The van der Waals surface area contributed by atoms with Crippen LogP contribution >= 0.6 is 0 Å². The van der Waals surface area contributed by atoms with Crippen molar-refractivity contribution < 1.29 is 27.3 Å². The van der Waals surface area contributed by atoms with E-state index in [4.69, 9.17) is 4.74 Å². The molecule has 0 aliphatic rings. The number of ether oxygens (including phenoxy) is 1. The van der Waals surface area contributed by atoms with Gasteiger partial charge in [0.2, 0.25) is 15.8 Å². The van der Waals surface area contributed by atoms with Crippen molar-refractivity contribution in [1.82, 2.24) is 4.31 Å². The summed E-state index contributed by atoms with van der Waals surface area (Å²) >= 11 is 0. The van der Waals surface area contributed by atoms with Crippen molar-refractivity contribution in [2.75, 3.05) is 7.05 Å². The van der Waals surface area contributed by atoms with Gasteiger partial charge < -0.3 is 4.74 Å². The second-order valence-electron chi connectivity index (χ2n) is 5.90. The third kappa shape index (κ3) is 4.47. The Bertz CT molecular complexity index is 973. The molecule has 0 unspecified atom stereocenters. The van der Waals surface area contributed by atoms with Gasteiger partial charge in [-0.2, -0.15) is 4.31 Å². The molecule has 0 aliphatic carbocycles. The van der Waals surface area contributed by atoms with Gasteiger partial charge in [0.05, 0.1) is 15.4 Å². The van der Waals surface area contributed by atoms with Crippen LogP contribution in [0.5, 0.6) is 5.75 Å². The molecular formula is C17H17FN2O6S. The average molecular weight is 396 g/mol. The normalized spacial score (nSPS) is 11.6. The molecule has 0 bridgehead atoms. The third-order valence-corrected chi connectivity index (χ3v) is 5.86. The first-order chi connectivity index (χ1) is 12.5. The fourth-order valence-electron chi connectivity index (χ4n) is 2.09. The minimum Gasteiger partial charge on any atom is -0.415 e. The van der Waals surface area contributed by atoms with Gasteiger partial charge in [0.1, 0.15) is 5.82 Å². The van der Waals surface area contributed by atoms with Crippen LogP contribution in [-0.4, -0.2) is 36.7 Å². The van der Waals surface area contributed by atoms with E-state index < -0.39 is 38.2 Å². The summed E-state index contributed by atoms with van der Waals surface area (Å²) in [5.74, 6) is -2.33. The summed E-state index contributed by atoms with van der Waals surface area (Å²) < 4.78 is 44.2. The number of carbonyl (C=O) groups excluding carboxylic acids is 1. The van der Waals surface area contributed by atoms with Crippen LogP contribution in [0.3, 0.4) is 0 Å². The lowest BCUT2D eigenvalue weighted by Gasteiger charge is -2.20. The molecule has 0 aliphatic heterocycles. The first-order valence-corrected chi connectivity index (χ1v) is 9.22. The fourth-order valence-corrected chi connectivity index (χ4v) is 3.45. The van der Waals surface area contributed by atoms with Crippen LogP contribution in [0.4, 0.5) is 10.1 Å². The highest BCUT2D eigenvalue weighted by atomic mass is 32.2. The van der Waals surface area contributed by atoms with Crippen LogP contribution in [-0.2, 0) is 10.0 Å². The third-order valence-electron chi connectivity index (χ3n) is 3.82. The van der Waals surface area contributed by atoms with E-state index in [1.807, 2.05) is 0 Å². The molecule has 2 aromatic carbocycles. The molecule has 0 saturated heterocycles. The highest BCUT2D eigenvalue weighted by Gasteiger charge is 2.24. The SMILES string of the molecule is CC(C)N(C)S(=O)(=O)c1ccc(C(=O)Oc2cc(F)ccc2[N+](=O)[O-])cc1. The van der Waals surface area contributed by atoms with Crippen LogP contribution in [0.25, 0.3) is 0 Å². The van der Waals surface area contributed by atoms with Crippen molar-refractivity contribution >= 4 is 21.7 Å². The molecule has 10 heteroatoms. The molecule has 144 valence electrons. The smallest absolute Gasteiger partial charge is 0.343 e. The Kier molecular flexibility index (Phi) is 5.91. The monoisotopic (exact) mass is 396 g/mol. The second-order valence-corrected chi connectivity index (χ2v) is 7.90. The van der Waals surface area contributed by atoms with Gasteiger partial charge in [-0.3, -0.25) is 10.1 Å². The first kappa shape index (κ1) is 20.5. The zero-order chi connectivity index (χ0) is 20.4. The van der Waals surface area contributed by atoms with E-state index in [1.165, 1.54) is 35.6 Å². The van der Waals surface area contributed by atoms with Gasteiger partial charge in [-0.25, -0.2) is 17.6 Å². The number of benzene rings is 2. The minimum atomic E-state index is -3.72. The summed E-state index contributed by atoms with van der Waals surface area (Å²) in [6.07, 6.45) is 0. The fraction of sp³-hybridized carbons (Fsp3) is 0.235. The van der Waals surface area contributed by atoms with E-state index in [0.717, 1.165) is 18.2 Å². The van der Waals surface area contributed by atoms with Crippen LogP contribution in [0.2, 0.25) is 0 Å². The summed E-state index contributed by atoms with van der Waals surface area (Å²) in [5, 5.41) is 10.9. The number of hydrogen-bond donors (Lipinski definition) is 0. The molecule has 0 fully saturated rings. The quantitative estimate of drug-likeness (QED) is 0.322. The summed E-state index contributed by atoms with van der Waals surface area (Å²) in [7, 11) is -2.29. The predicted molar refractivity (Wildman–Crippen MR) is 94.5 cm³/mol. The van der Waals surface area contributed by atoms with E-state index in [2.05, 4.69) is 0 Å². The maximum Gasteiger partial charge on any atom is 0.343 e. The number of nitrogens with zero attached hydrogens (tertiary/aromatic N) is 2. The molecule has 0 N–H and O–H groups in total. The highest BCUT2D eigenvalue weighted by molar-refractivity contribution is 7.89. The van der Waals surface area contributed by atoms with Crippen LogP contribution in [0, 0.1) is 15.9 Å². The molecule has 0 amide bonds. The van der Waals surface area contributed by atoms with Crippen molar-refractivity contribution in [3.8, 4) is 5.75 Å². The number of nitro benzene ring substituents is 1. The van der Waals surface area contributed by atoms with E-state index in [9.17, 15) is 27.7 Å². The number of halogens is 1. The molecule has 0 spiro atoms. The molecule has 2 rings (SSSR count). The Hall–Kier alpha value is -2.85. The molecule has 0 saturated carbocycles. The number of sulfonamides is 1. The summed E-state index contributed by atoms with van der Waals surface area (Å²) in [6.45, 7) is 3.43. The van der Waals surface area contributed by atoms with Crippen molar-refractivity contribution in [1.29, 1.82) is 0 Å². The van der Waals surface area contributed by atoms with Gasteiger partial charge in [0, 0.05) is 25.2 Å². The Morgan fingerprint density at radius 3 is 2.30 bits per heavy atom. The van der Waals surface area contributed by atoms with Crippen molar-refractivity contribution in [2.24, 2.45) is 0 Å². The van der Waals surface area contributed by atoms with Crippen molar-refractivity contribution in [3.05, 3.63) is 64.0 Å².